The topological polar surface area (TPSA) is 86.7 Å². The van der Waals surface area contributed by atoms with Crippen LogP contribution in [0.5, 0.6) is 0 Å². The summed E-state index contributed by atoms with van der Waals surface area (Å²) in [7, 11) is -7.65. The van der Waals surface area contributed by atoms with E-state index in [0.717, 1.165) is 11.1 Å². The number of aryl methyl sites for hydroxylation is 2. The average Bonchev–Trinajstić information content (AvgIpc) is 2.61. The molecule has 8 heteroatoms. The SMILES string of the molecule is Cc1ccc(S(=O)(=O)OCC[C@@H](C)COS(=O)(=O)c2ccc(C)cc2)cc1. The van der Waals surface area contributed by atoms with Gasteiger partial charge in [-0.1, -0.05) is 42.3 Å². The summed E-state index contributed by atoms with van der Waals surface area (Å²) in [5.41, 5.74) is 1.91. The van der Waals surface area contributed by atoms with Crippen molar-refractivity contribution in [2.24, 2.45) is 5.92 Å². The van der Waals surface area contributed by atoms with Crippen LogP contribution in [-0.4, -0.2) is 30.0 Å². The lowest BCUT2D eigenvalue weighted by molar-refractivity contribution is 0.223. The minimum Gasteiger partial charge on any atom is -0.266 e. The molecule has 0 spiro atoms. The third-order valence-corrected chi connectivity index (χ3v) is 6.60. The normalized spacial score (nSPS) is 13.4. The summed E-state index contributed by atoms with van der Waals surface area (Å²) in [5.74, 6) is -0.196. The number of benzene rings is 2. The van der Waals surface area contributed by atoms with Crippen molar-refractivity contribution < 1.29 is 25.2 Å². The summed E-state index contributed by atoms with van der Waals surface area (Å²) >= 11 is 0. The van der Waals surface area contributed by atoms with Gasteiger partial charge in [0.05, 0.1) is 23.0 Å². The Kier molecular flexibility index (Phi) is 7.16. The van der Waals surface area contributed by atoms with Crippen LogP contribution in [-0.2, 0) is 28.6 Å². The zero-order chi connectivity index (χ0) is 20.1. The third-order valence-electron chi connectivity index (χ3n) is 3.98. The van der Waals surface area contributed by atoms with Crippen LogP contribution < -0.4 is 0 Å². The molecule has 148 valence electrons. The van der Waals surface area contributed by atoms with Crippen LogP contribution in [0.4, 0.5) is 0 Å². The molecule has 0 aliphatic carbocycles. The molecular formula is C19H24O6S2. The summed E-state index contributed by atoms with van der Waals surface area (Å²) < 4.78 is 58.6. The summed E-state index contributed by atoms with van der Waals surface area (Å²) in [5, 5.41) is 0. The monoisotopic (exact) mass is 412 g/mol. The summed E-state index contributed by atoms with van der Waals surface area (Å²) in [6.45, 7) is 5.40. The van der Waals surface area contributed by atoms with Crippen molar-refractivity contribution in [3.05, 3.63) is 59.7 Å². The maximum absolute atomic E-state index is 12.1. The van der Waals surface area contributed by atoms with Crippen molar-refractivity contribution in [3.8, 4) is 0 Å². The van der Waals surface area contributed by atoms with Gasteiger partial charge in [0.15, 0.2) is 0 Å². The van der Waals surface area contributed by atoms with Gasteiger partial charge in [0.25, 0.3) is 20.2 Å². The predicted octanol–water partition coefficient (Wildman–Crippen LogP) is 3.44. The fourth-order valence-corrected chi connectivity index (χ4v) is 4.13. The summed E-state index contributed by atoms with van der Waals surface area (Å²) in [6, 6.07) is 12.8. The summed E-state index contributed by atoms with van der Waals surface area (Å²) in [6.07, 6.45) is 0.342. The lowest BCUT2D eigenvalue weighted by atomic mass is 10.1. The molecular weight excluding hydrogens is 388 g/mol. The first kappa shape index (κ1) is 21.6. The number of hydrogen-bond donors (Lipinski definition) is 0. The maximum Gasteiger partial charge on any atom is 0.296 e. The molecule has 0 N–H and O–H groups in total. The standard InChI is InChI=1S/C19H24O6S2/c1-15-4-8-18(9-5-15)26(20,21)24-13-12-17(3)14-25-27(22,23)19-10-6-16(2)7-11-19/h4-11,17H,12-14H2,1-3H3/t17-/m1/s1. The van der Waals surface area contributed by atoms with Crippen molar-refractivity contribution in [1.82, 2.24) is 0 Å². The van der Waals surface area contributed by atoms with Gasteiger partial charge < -0.3 is 0 Å². The second kappa shape index (κ2) is 8.97. The molecule has 0 heterocycles. The van der Waals surface area contributed by atoms with Gasteiger partial charge in [-0.3, -0.25) is 8.37 Å². The highest BCUT2D eigenvalue weighted by atomic mass is 32.2. The molecule has 6 nitrogen and oxygen atoms in total. The van der Waals surface area contributed by atoms with E-state index in [1.807, 2.05) is 13.8 Å². The molecule has 0 radical (unpaired) electrons. The molecule has 27 heavy (non-hydrogen) atoms. The molecule has 0 saturated carbocycles. The fourth-order valence-electron chi connectivity index (χ4n) is 2.19. The van der Waals surface area contributed by atoms with Crippen LogP contribution in [0.1, 0.15) is 24.5 Å². The molecule has 0 aliphatic rings. The molecule has 0 amide bonds. The lowest BCUT2D eigenvalue weighted by Gasteiger charge is -2.12. The Morgan fingerprint density at radius 1 is 0.741 bits per heavy atom. The highest BCUT2D eigenvalue weighted by molar-refractivity contribution is 7.87. The Morgan fingerprint density at radius 2 is 1.15 bits per heavy atom. The van der Waals surface area contributed by atoms with Gasteiger partial charge in [-0.2, -0.15) is 16.8 Å². The van der Waals surface area contributed by atoms with Gasteiger partial charge in [0, 0.05) is 0 Å². The molecule has 1 atom stereocenters. The second-order valence-electron chi connectivity index (χ2n) is 6.53. The number of hydrogen-bond acceptors (Lipinski definition) is 6. The molecule has 2 aromatic rings. The average molecular weight is 413 g/mol. The van der Waals surface area contributed by atoms with Crippen molar-refractivity contribution in [1.29, 1.82) is 0 Å². The van der Waals surface area contributed by atoms with E-state index in [1.165, 1.54) is 24.3 Å². The Balaban J connectivity index is 1.83. The van der Waals surface area contributed by atoms with E-state index in [2.05, 4.69) is 0 Å². The predicted molar refractivity (Wildman–Crippen MR) is 102 cm³/mol. The van der Waals surface area contributed by atoms with E-state index in [-0.39, 0.29) is 28.9 Å². The largest absolute Gasteiger partial charge is 0.296 e. The highest BCUT2D eigenvalue weighted by Gasteiger charge is 2.18. The van der Waals surface area contributed by atoms with Crippen LogP contribution in [0.15, 0.2) is 58.3 Å². The van der Waals surface area contributed by atoms with Crippen molar-refractivity contribution in [2.75, 3.05) is 13.2 Å². The van der Waals surface area contributed by atoms with Crippen molar-refractivity contribution in [2.45, 2.75) is 37.0 Å². The zero-order valence-corrected chi connectivity index (χ0v) is 17.2. The van der Waals surface area contributed by atoms with Crippen LogP contribution in [0.2, 0.25) is 0 Å². The fraction of sp³-hybridized carbons (Fsp3) is 0.368. The molecule has 0 bridgehead atoms. The van der Waals surface area contributed by atoms with Crippen molar-refractivity contribution in [3.63, 3.8) is 0 Å². The molecule has 0 unspecified atom stereocenters. The second-order valence-corrected chi connectivity index (χ2v) is 9.77. The van der Waals surface area contributed by atoms with Gasteiger partial charge in [-0.15, -0.1) is 0 Å². The first-order valence-electron chi connectivity index (χ1n) is 8.52. The first-order chi connectivity index (χ1) is 12.6. The van der Waals surface area contributed by atoms with Gasteiger partial charge in [0.1, 0.15) is 0 Å². The minimum atomic E-state index is -3.83. The van der Waals surface area contributed by atoms with Gasteiger partial charge in [0.2, 0.25) is 0 Å². The van der Waals surface area contributed by atoms with Crippen LogP contribution >= 0.6 is 0 Å². The van der Waals surface area contributed by atoms with Crippen LogP contribution in [0, 0.1) is 19.8 Å². The van der Waals surface area contributed by atoms with Gasteiger partial charge >= 0.3 is 0 Å². The molecule has 0 aromatic heterocycles. The van der Waals surface area contributed by atoms with E-state index < -0.39 is 20.2 Å². The first-order valence-corrected chi connectivity index (χ1v) is 11.3. The molecule has 0 saturated heterocycles. The van der Waals surface area contributed by atoms with Crippen molar-refractivity contribution >= 4 is 20.2 Å². The van der Waals surface area contributed by atoms with E-state index >= 15 is 0 Å². The molecule has 0 fully saturated rings. The van der Waals surface area contributed by atoms with Gasteiger partial charge in [-0.25, -0.2) is 0 Å². The van der Waals surface area contributed by atoms with E-state index in [0.29, 0.717) is 6.42 Å². The van der Waals surface area contributed by atoms with Crippen LogP contribution in [0.25, 0.3) is 0 Å². The Bertz CT molecular complexity index is 946. The maximum atomic E-state index is 12.1. The minimum absolute atomic E-state index is 0.0503. The summed E-state index contributed by atoms with van der Waals surface area (Å²) in [4.78, 5) is 0.192. The zero-order valence-electron chi connectivity index (χ0n) is 15.6. The van der Waals surface area contributed by atoms with E-state index in [4.69, 9.17) is 8.37 Å². The van der Waals surface area contributed by atoms with E-state index in [1.54, 1.807) is 31.2 Å². The van der Waals surface area contributed by atoms with Gasteiger partial charge in [-0.05, 0) is 50.5 Å². The lowest BCUT2D eigenvalue weighted by Crippen LogP contribution is -2.16. The quantitative estimate of drug-likeness (QED) is 0.587. The Hall–Kier alpha value is -1.74. The smallest absolute Gasteiger partial charge is 0.266 e. The third kappa shape index (κ3) is 6.42. The molecule has 2 aromatic carbocycles. The molecule has 0 aliphatic heterocycles. The molecule has 2 rings (SSSR count). The highest BCUT2D eigenvalue weighted by Crippen LogP contribution is 2.17. The Labute approximate surface area is 161 Å². The Morgan fingerprint density at radius 3 is 1.59 bits per heavy atom. The number of rotatable bonds is 9. The van der Waals surface area contributed by atoms with Crippen LogP contribution in [0.3, 0.4) is 0 Å². The van der Waals surface area contributed by atoms with E-state index in [9.17, 15) is 16.8 Å².